The van der Waals surface area contributed by atoms with E-state index >= 15 is 0 Å². The fourth-order valence-corrected chi connectivity index (χ4v) is 5.84. The van der Waals surface area contributed by atoms with Crippen molar-refractivity contribution in [2.24, 2.45) is 0 Å². The number of halogens is 1. The van der Waals surface area contributed by atoms with Crippen molar-refractivity contribution in [3.05, 3.63) is 70.3 Å². The van der Waals surface area contributed by atoms with Crippen molar-refractivity contribution >= 4 is 34.4 Å². The summed E-state index contributed by atoms with van der Waals surface area (Å²) < 4.78 is 7.91. The van der Waals surface area contributed by atoms with Gasteiger partial charge in [0, 0.05) is 23.0 Å². The van der Waals surface area contributed by atoms with Crippen molar-refractivity contribution < 1.29 is 4.52 Å². The van der Waals surface area contributed by atoms with Crippen LogP contribution in [0.1, 0.15) is 41.7 Å². The summed E-state index contributed by atoms with van der Waals surface area (Å²) in [6.45, 7) is 3.96. The molecular weight excluding hydrogens is 426 g/mol. The fourth-order valence-electron chi connectivity index (χ4n) is 4.63. The molecule has 6 heteroatoms. The van der Waals surface area contributed by atoms with Crippen molar-refractivity contribution in [3.63, 3.8) is 0 Å². The molecule has 0 atom stereocenters. The Morgan fingerprint density at radius 1 is 1.06 bits per heavy atom. The van der Waals surface area contributed by atoms with Crippen LogP contribution in [0.4, 0.5) is 0 Å². The number of thioether (sulfide) groups is 1. The van der Waals surface area contributed by atoms with Gasteiger partial charge >= 0.3 is 0 Å². The molecule has 31 heavy (non-hydrogen) atoms. The second kappa shape index (κ2) is 8.71. The predicted octanol–water partition coefficient (Wildman–Crippen LogP) is 6.81. The van der Waals surface area contributed by atoms with E-state index in [4.69, 9.17) is 21.1 Å². The number of imidazole rings is 1. The lowest BCUT2D eigenvalue weighted by molar-refractivity contribution is 0.393. The molecule has 2 aromatic heterocycles. The van der Waals surface area contributed by atoms with Crippen LogP contribution in [0.25, 0.3) is 22.2 Å². The van der Waals surface area contributed by atoms with Crippen LogP contribution < -0.4 is 0 Å². The zero-order valence-electron chi connectivity index (χ0n) is 17.9. The Bertz CT molecular complexity index is 1190. The molecule has 0 amide bonds. The number of hydrogen-bond acceptors (Lipinski definition) is 4. The average Bonchev–Trinajstić information content (AvgIpc) is 3.32. The van der Waals surface area contributed by atoms with Crippen LogP contribution in [-0.4, -0.2) is 26.2 Å². The third kappa shape index (κ3) is 4.13. The lowest BCUT2D eigenvalue weighted by atomic mass is 10.0. The molecule has 0 radical (unpaired) electrons. The number of nitrogens with zero attached hydrogens (tertiary/aromatic N) is 3. The summed E-state index contributed by atoms with van der Waals surface area (Å²) in [5.74, 6) is 4.47. The summed E-state index contributed by atoms with van der Waals surface area (Å²) in [5.41, 5.74) is 6.70. The number of aryl methyl sites for hydroxylation is 4. The zero-order chi connectivity index (χ0) is 21.4. The Kier molecular flexibility index (Phi) is 5.81. The Balaban J connectivity index is 1.54. The summed E-state index contributed by atoms with van der Waals surface area (Å²) in [7, 11) is 0. The van der Waals surface area contributed by atoms with Crippen molar-refractivity contribution in [1.29, 1.82) is 0 Å². The van der Waals surface area contributed by atoms with Gasteiger partial charge in [0.15, 0.2) is 0 Å². The van der Waals surface area contributed by atoms with Gasteiger partial charge < -0.3 is 9.09 Å². The van der Waals surface area contributed by atoms with E-state index in [-0.39, 0.29) is 0 Å². The van der Waals surface area contributed by atoms with Crippen molar-refractivity contribution in [3.8, 4) is 11.1 Å². The van der Waals surface area contributed by atoms with Crippen LogP contribution in [-0.2, 0) is 12.8 Å². The first-order valence-corrected chi connectivity index (χ1v) is 12.4. The van der Waals surface area contributed by atoms with Crippen LogP contribution in [0.5, 0.6) is 0 Å². The standard InChI is InChI=1S/C25H26ClN3OS/c1-16-25(17(2)30-28-16)19-6-9-23-22(15-19)27-24(29(23)21-11-13-31-14-12-21)10-5-18-3-7-20(26)8-4-18/h3-4,6-9,15,21H,5,10-14H2,1-2H3. The highest BCUT2D eigenvalue weighted by molar-refractivity contribution is 7.99. The van der Waals surface area contributed by atoms with Gasteiger partial charge in [-0.2, -0.15) is 11.8 Å². The van der Waals surface area contributed by atoms with E-state index in [0.29, 0.717) is 6.04 Å². The van der Waals surface area contributed by atoms with Crippen LogP contribution >= 0.6 is 23.4 Å². The van der Waals surface area contributed by atoms with Gasteiger partial charge in [-0.15, -0.1) is 0 Å². The molecule has 1 saturated heterocycles. The van der Waals surface area contributed by atoms with E-state index in [2.05, 4.69) is 51.8 Å². The summed E-state index contributed by atoms with van der Waals surface area (Å²) >= 11 is 8.12. The van der Waals surface area contributed by atoms with E-state index in [1.54, 1.807) is 0 Å². The normalized spacial score (nSPS) is 15.1. The fraction of sp³-hybridized carbons (Fsp3) is 0.360. The van der Waals surface area contributed by atoms with Gasteiger partial charge in [0.25, 0.3) is 0 Å². The molecule has 0 saturated carbocycles. The molecule has 0 spiro atoms. The molecule has 0 unspecified atom stereocenters. The van der Waals surface area contributed by atoms with Gasteiger partial charge in [-0.1, -0.05) is 35.0 Å². The summed E-state index contributed by atoms with van der Waals surface area (Å²) in [5, 5.41) is 4.91. The van der Waals surface area contributed by atoms with E-state index in [0.717, 1.165) is 46.0 Å². The lowest BCUT2D eigenvalue weighted by Gasteiger charge is -2.25. The first-order chi connectivity index (χ1) is 15.1. The highest BCUT2D eigenvalue weighted by Gasteiger charge is 2.22. The summed E-state index contributed by atoms with van der Waals surface area (Å²) in [4.78, 5) is 5.13. The molecule has 4 aromatic rings. The Morgan fingerprint density at radius 2 is 1.84 bits per heavy atom. The van der Waals surface area contributed by atoms with Gasteiger partial charge in [0.05, 0.1) is 16.7 Å². The molecule has 0 N–H and O–H groups in total. The molecule has 1 aliphatic rings. The summed E-state index contributed by atoms with van der Waals surface area (Å²) in [6, 6.07) is 15.3. The Morgan fingerprint density at radius 3 is 2.55 bits per heavy atom. The highest BCUT2D eigenvalue weighted by Crippen LogP contribution is 2.35. The van der Waals surface area contributed by atoms with E-state index < -0.39 is 0 Å². The molecule has 0 aliphatic carbocycles. The van der Waals surface area contributed by atoms with E-state index in [1.165, 1.54) is 41.3 Å². The molecule has 0 bridgehead atoms. The first kappa shape index (κ1) is 20.7. The number of aromatic nitrogens is 3. The third-order valence-corrected chi connectivity index (χ3v) is 7.49. The van der Waals surface area contributed by atoms with Crippen molar-refractivity contribution in [1.82, 2.24) is 14.7 Å². The van der Waals surface area contributed by atoms with Crippen LogP contribution in [0.2, 0.25) is 5.02 Å². The topological polar surface area (TPSA) is 43.9 Å². The molecule has 5 rings (SSSR count). The molecule has 3 heterocycles. The second-order valence-electron chi connectivity index (χ2n) is 8.27. The minimum absolute atomic E-state index is 0.524. The van der Waals surface area contributed by atoms with Crippen LogP contribution in [0, 0.1) is 13.8 Å². The average molecular weight is 452 g/mol. The van der Waals surface area contributed by atoms with Gasteiger partial charge in [-0.3, -0.25) is 0 Å². The summed E-state index contributed by atoms with van der Waals surface area (Å²) in [6.07, 6.45) is 4.28. The Labute approximate surface area is 192 Å². The molecular formula is C25H26ClN3OS. The minimum atomic E-state index is 0.524. The highest BCUT2D eigenvalue weighted by atomic mass is 35.5. The predicted molar refractivity (Wildman–Crippen MR) is 129 cm³/mol. The van der Waals surface area contributed by atoms with Crippen molar-refractivity contribution in [2.45, 2.75) is 45.6 Å². The van der Waals surface area contributed by atoms with Gasteiger partial charge in [-0.05, 0) is 80.0 Å². The van der Waals surface area contributed by atoms with E-state index in [9.17, 15) is 0 Å². The zero-order valence-corrected chi connectivity index (χ0v) is 19.5. The molecule has 1 fully saturated rings. The first-order valence-electron chi connectivity index (χ1n) is 10.9. The smallest absolute Gasteiger partial charge is 0.141 e. The Hall–Kier alpha value is -2.24. The number of rotatable bonds is 5. The number of fused-ring (bicyclic) bond motifs is 1. The monoisotopic (exact) mass is 451 g/mol. The maximum absolute atomic E-state index is 6.06. The van der Waals surface area contributed by atoms with Crippen LogP contribution in [0.15, 0.2) is 47.0 Å². The van der Waals surface area contributed by atoms with Gasteiger partial charge in [-0.25, -0.2) is 4.98 Å². The lowest BCUT2D eigenvalue weighted by Crippen LogP contribution is -2.18. The third-order valence-electron chi connectivity index (χ3n) is 6.19. The van der Waals surface area contributed by atoms with Gasteiger partial charge in [0.2, 0.25) is 0 Å². The number of hydrogen-bond donors (Lipinski definition) is 0. The second-order valence-corrected chi connectivity index (χ2v) is 9.93. The molecule has 4 nitrogen and oxygen atoms in total. The quantitative estimate of drug-likeness (QED) is 0.334. The maximum Gasteiger partial charge on any atom is 0.141 e. The van der Waals surface area contributed by atoms with Crippen LogP contribution in [0.3, 0.4) is 0 Å². The maximum atomic E-state index is 6.06. The molecule has 2 aromatic carbocycles. The SMILES string of the molecule is Cc1noc(C)c1-c1ccc2c(c1)nc(CCc1ccc(Cl)cc1)n2C1CCSCC1. The van der Waals surface area contributed by atoms with E-state index in [1.807, 2.05) is 26.0 Å². The van der Waals surface area contributed by atoms with Gasteiger partial charge in [0.1, 0.15) is 11.6 Å². The van der Waals surface area contributed by atoms with Crippen molar-refractivity contribution in [2.75, 3.05) is 11.5 Å². The minimum Gasteiger partial charge on any atom is -0.361 e. The largest absolute Gasteiger partial charge is 0.361 e. The molecule has 1 aliphatic heterocycles. The molecule has 160 valence electrons. The number of benzene rings is 2.